The Bertz CT molecular complexity index is 737. The van der Waals surface area contributed by atoms with E-state index >= 15 is 0 Å². The highest BCUT2D eigenvalue weighted by Crippen LogP contribution is 2.32. The third-order valence-corrected chi connectivity index (χ3v) is 6.10. The van der Waals surface area contributed by atoms with Gasteiger partial charge in [0.15, 0.2) is 4.34 Å². The third-order valence-electron chi connectivity index (χ3n) is 3.82. The molecule has 3 rings (SSSR count). The monoisotopic (exact) mass is 412 g/mol. The number of nitrogens with one attached hydrogen (secondary N) is 1. The Kier molecular flexibility index (Phi) is 6.61. The van der Waals surface area contributed by atoms with Crippen molar-refractivity contribution in [1.82, 2.24) is 15.1 Å². The molecule has 26 heavy (non-hydrogen) atoms. The van der Waals surface area contributed by atoms with Crippen LogP contribution in [0.3, 0.4) is 0 Å². The largest absolute Gasteiger partial charge is 0.492 e. The summed E-state index contributed by atoms with van der Waals surface area (Å²) in [6.07, 6.45) is 2.39. The molecule has 1 heterocycles. The molecule has 0 bridgehead atoms. The molecule has 2 aromatic rings. The number of benzene rings is 1. The number of hydrogen-bond donors (Lipinski definition) is 1. The van der Waals surface area contributed by atoms with Crippen molar-refractivity contribution in [2.24, 2.45) is 0 Å². The second-order valence-electron chi connectivity index (χ2n) is 6.11. The standard InChI is InChI=1S/C17H21ClN4O2S2/c1-11(25-17-21-20-16(26-17)19-13-5-6-13)15(23)22(2)9-10-24-14-7-3-12(18)4-8-14/h3-4,7-8,11,13H,5-6,9-10H2,1-2H3,(H,19,20). The maximum Gasteiger partial charge on any atom is 0.235 e. The summed E-state index contributed by atoms with van der Waals surface area (Å²) in [5.74, 6) is 0.781. The van der Waals surface area contributed by atoms with Crippen molar-refractivity contribution in [2.45, 2.75) is 35.4 Å². The molecule has 1 aliphatic carbocycles. The Labute approximate surface area is 166 Å². The maximum absolute atomic E-state index is 12.5. The van der Waals surface area contributed by atoms with Crippen molar-refractivity contribution >= 4 is 45.7 Å². The summed E-state index contributed by atoms with van der Waals surface area (Å²) >= 11 is 8.78. The third kappa shape index (κ3) is 5.75. The van der Waals surface area contributed by atoms with Crippen LogP contribution < -0.4 is 10.1 Å². The van der Waals surface area contributed by atoms with E-state index in [1.165, 1.54) is 35.9 Å². The van der Waals surface area contributed by atoms with Crippen LogP contribution in [0.2, 0.25) is 5.02 Å². The molecule has 1 saturated carbocycles. The Hall–Kier alpha value is -1.51. The van der Waals surface area contributed by atoms with Crippen LogP contribution in [0.4, 0.5) is 5.13 Å². The van der Waals surface area contributed by atoms with Crippen molar-refractivity contribution in [3.8, 4) is 5.75 Å². The fourth-order valence-electron chi connectivity index (χ4n) is 2.17. The first-order chi connectivity index (χ1) is 12.5. The minimum absolute atomic E-state index is 0.0432. The van der Waals surface area contributed by atoms with E-state index in [4.69, 9.17) is 16.3 Å². The summed E-state index contributed by atoms with van der Waals surface area (Å²) in [4.78, 5) is 14.2. The van der Waals surface area contributed by atoms with E-state index in [1.807, 2.05) is 19.1 Å². The molecule has 1 aliphatic rings. The molecule has 0 saturated heterocycles. The predicted octanol–water partition coefficient (Wildman–Crippen LogP) is 3.78. The number of ether oxygens (including phenoxy) is 1. The van der Waals surface area contributed by atoms with Gasteiger partial charge in [-0.3, -0.25) is 4.79 Å². The van der Waals surface area contributed by atoms with E-state index in [0.29, 0.717) is 24.2 Å². The number of anilines is 1. The van der Waals surface area contributed by atoms with Crippen LogP contribution in [0.25, 0.3) is 0 Å². The van der Waals surface area contributed by atoms with Gasteiger partial charge < -0.3 is 15.0 Å². The van der Waals surface area contributed by atoms with Gasteiger partial charge in [0.1, 0.15) is 12.4 Å². The van der Waals surface area contributed by atoms with Gasteiger partial charge in [0.2, 0.25) is 11.0 Å². The number of amides is 1. The van der Waals surface area contributed by atoms with Gasteiger partial charge in [0.05, 0.1) is 11.8 Å². The Morgan fingerprint density at radius 3 is 2.85 bits per heavy atom. The van der Waals surface area contributed by atoms with Crippen LogP contribution in [-0.2, 0) is 4.79 Å². The number of rotatable bonds is 9. The fourth-order valence-corrected chi connectivity index (χ4v) is 4.39. The Morgan fingerprint density at radius 2 is 2.15 bits per heavy atom. The lowest BCUT2D eigenvalue weighted by Gasteiger charge is -2.20. The van der Waals surface area contributed by atoms with Gasteiger partial charge in [0, 0.05) is 18.1 Å². The molecule has 9 heteroatoms. The van der Waals surface area contributed by atoms with E-state index in [0.717, 1.165) is 15.2 Å². The van der Waals surface area contributed by atoms with Gasteiger partial charge >= 0.3 is 0 Å². The molecule has 1 N–H and O–H groups in total. The second-order valence-corrected chi connectivity index (χ2v) is 9.12. The van der Waals surface area contributed by atoms with Crippen molar-refractivity contribution in [3.05, 3.63) is 29.3 Å². The molecule has 1 aromatic carbocycles. The van der Waals surface area contributed by atoms with Gasteiger partial charge in [-0.1, -0.05) is 34.7 Å². The number of likely N-dealkylation sites (N-methyl/N-ethyl adjacent to an activating group) is 1. The van der Waals surface area contributed by atoms with Gasteiger partial charge in [0.25, 0.3) is 0 Å². The zero-order valence-corrected chi connectivity index (χ0v) is 17.0. The summed E-state index contributed by atoms with van der Waals surface area (Å²) in [6.45, 7) is 2.82. The first kappa shape index (κ1) is 19.3. The van der Waals surface area contributed by atoms with Gasteiger partial charge in [-0.25, -0.2) is 0 Å². The molecule has 1 fully saturated rings. The number of halogens is 1. The number of carbonyl (C=O) groups is 1. The zero-order valence-electron chi connectivity index (χ0n) is 14.6. The molecule has 6 nitrogen and oxygen atoms in total. The first-order valence-electron chi connectivity index (χ1n) is 8.41. The van der Waals surface area contributed by atoms with Crippen LogP contribution >= 0.6 is 34.7 Å². The van der Waals surface area contributed by atoms with Crippen LogP contribution in [0.5, 0.6) is 5.75 Å². The molecule has 1 amide bonds. The zero-order chi connectivity index (χ0) is 18.5. The number of hydrogen-bond acceptors (Lipinski definition) is 7. The number of carbonyl (C=O) groups excluding carboxylic acids is 1. The average molecular weight is 413 g/mol. The molecule has 1 atom stereocenters. The van der Waals surface area contributed by atoms with E-state index in [-0.39, 0.29) is 11.2 Å². The minimum atomic E-state index is -0.225. The summed E-state index contributed by atoms with van der Waals surface area (Å²) in [6, 6.07) is 7.72. The summed E-state index contributed by atoms with van der Waals surface area (Å²) in [5.41, 5.74) is 0. The minimum Gasteiger partial charge on any atom is -0.492 e. The normalized spacial score (nSPS) is 14.7. The van der Waals surface area contributed by atoms with Crippen LogP contribution in [0.1, 0.15) is 19.8 Å². The van der Waals surface area contributed by atoms with Crippen molar-refractivity contribution in [3.63, 3.8) is 0 Å². The summed E-state index contributed by atoms with van der Waals surface area (Å²) in [5, 5.41) is 12.9. The van der Waals surface area contributed by atoms with Crippen LogP contribution in [-0.4, -0.2) is 52.5 Å². The molecule has 1 unspecified atom stereocenters. The van der Waals surface area contributed by atoms with E-state index in [1.54, 1.807) is 24.1 Å². The Balaban J connectivity index is 1.41. The lowest BCUT2D eigenvalue weighted by Crippen LogP contribution is -2.36. The lowest BCUT2D eigenvalue weighted by atomic mass is 10.3. The Morgan fingerprint density at radius 1 is 1.42 bits per heavy atom. The van der Waals surface area contributed by atoms with E-state index < -0.39 is 0 Å². The van der Waals surface area contributed by atoms with Crippen molar-refractivity contribution in [2.75, 3.05) is 25.5 Å². The molecule has 140 valence electrons. The topological polar surface area (TPSA) is 67.4 Å². The highest BCUT2D eigenvalue weighted by Gasteiger charge is 2.24. The van der Waals surface area contributed by atoms with Gasteiger partial charge in [-0.15, -0.1) is 10.2 Å². The predicted molar refractivity (Wildman–Crippen MR) is 106 cm³/mol. The fraction of sp³-hybridized carbons (Fsp3) is 0.471. The quantitative estimate of drug-likeness (QED) is 0.632. The highest BCUT2D eigenvalue weighted by atomic mass is 35.5. The van der Waals surface area contributed by atoms with Crippen LogP contribution in [0, 0.1) is 0 Å². The molecule has 0 radical (unpaired) electrons. The van der Waals surface area contributed by atoms with E-state index in [2.05, 4.69) is 15.5 Å². The summed E-state index contributed by atoms with van der Waals surface area (Å²) < 4.78 is 6.44. The molecule has 1 aromatic heterocycles. The SMILES string of the molecule is CC(Sc1nnc(NC2CC2)s1)C(=O)N(C)CCOc1ccc(Cl)cc1. The smallest absolute Gasteiger partial charge is 0.235 e. The van der Waals surface area contributed by atoms with E-state index in [9.17, 15) is 4.79 Å². The maximum atomic E-state index is 12.5. The molecular weight excluding hydrogens is 392 g/mol. The first-order valence-corrected chi connectivity index (χ1v) is 10.5. The van der Waals surface area contributed by atoms with Crippen LogP contribution in [0.15, 0.2) is 28.6 Å². The van der Waals surface area contributed by atoms with Crippen molar-refractivity contribution in [1.29, 1.82) is 0 Å². The van der Waals surface area contributed by atoms with Gasteiger partial charge in [-0.05, 0) is 44.0 Å². The number of nitrogens with zero attached hydrogens (tertiary/aromatic N) is 3. The molecule has 0 aliphatic heterocycles. The average Bonchev–Trinajstić information content (AvgIpc) is 3.33. The second kappa shape index (κ2) is 8.92. The molecular formula is C17H21ClN4O2S2. The molecule has 0 spiro atoms. The lowest BCUT2D eigenvalue weighted by molar-refractivity contribution is -0.129. The number of aromatic nitrogens is 2. The van der Waals surface area contributed by atoms with Crippen molar-refractivity contribution < 1.29 is 9.53 Å². The highest BCUT2D eigenvalue weighted by molar-refractivity contribution is 8.02. The summed E-state index contributed by atoms with van der Waals surface area (Å²) in [7, 11) is 1.78. The van der Waals surface area contributed by atoms with Gasteiger partial charge in [-0.2, -0.15) is 0 Å². The number of thioether (sulfide) groups is 1.